The molecule has 0 unspecified atom stereocenters. The summed E-state index contributed by atoms with van der Waals surface area (Å²) >= 11 is 0. The van der Waals surface area contributed by atoms with E-state index in [1.165, 1.54) is 5.56 Å². The second-order valence-corrected chi connectivity index (χ2v) is 6.24. The smallest absolute Gasteiger partial charge is 0.161 e. The maximum absolute atomic E-state index is 11.3. The second-order valence-electron chi connectivity index (χ2n) is 4.54. The first-order valence-electron chi connectivity index (χ1n) is 6.60. The highest BCUT2D eigenvalue weighted by Crippen LogP contribution is 2.28. The molecule has 0 N–H and O–H groups in total. The number of hydrogen-bond donors (Lipinski definition) is 0. The molecule has 4 nitrogen and oxygen atoms in total. The molecule has 0 bridgehead atoms. The Balaban J connectivity index is 2.03. The number of hydrogen-bond acceptors (Lipinski definition) is 4. The molecule has 106 valence electrons. The topological polar surface area (TPSA) is 38.8 Å². The Bertz CT molecular complexity index is 440. The summed E-state index contributed by atoms with van der Waals surface area (Å²) in [7, 11) is 1.03. The molecule has 19 heavy (non-hydrogen) atoms. The van der Waals surface area contributed by atoms with Gasteiger partial charge in [-0.2, -0.15) is 0 Å². The highest BCUT2D eigenvalue weighted by atomic mass is 32.2. The van der Waals surface area contributed by atoms with Gasteiger partial charge in [-0.15, -0.1) is 0 Å². The molecular formula is C14H21NO3S. The van der Waals surface area contributed by atoms with Crippen molar-refractivity contribution in [2.75, 3.05) is 38.3 Å². The van der Waals surface area contributed by atoms with E-state index in [1.54, 1.807) is 7.11 Å². The number of benzene rings is 1. The first-order valence-corrected chi connectivity index (χ1v) is 8.08. The zero-order valence-electron chi connectivity index (χ0n) is 11.6. The van der Waals surface area contributed by atoms with Gasteiger partial charge in [0.25, 0.3) is 0 Å². The van der Waals surface area contributed by atoms with E-state index in [0.717, 1.165) is 42.6 Å². The van der Waals surface area contributed by atoms with Crippen LogP contribution in [0.4, 0.5) is 0 Å². The summed E-state index contributed by atoms with van der Waals surface area (Å²) in [5.41, 5.74) is 1.21. The first-order chi connectivity index (χ1) is 9.22. The fourth-order valence-corrected chi connectivity index (χ4v) is 3.31. The summed E-state index contributed by atoms with van der Waals surface area (Å²) in [6, 6.07) is 6.04. The molecule has 1 fully saturated rings. The Morgan fingerprint density at radius 3 is 2.63 bits per heavy atom. The van der Waals surface area contributed by atoms with E-state index in [9.17, 15) is 4.21 Å². The zero-order chi connectivity index (χ0) is 13.7. The van der Waals surface area contributed by atoms with Crippen LogP contribution in [0, 0.1) is 0 Å². The molecule has 1 aliphatic rings. The average molecular weight is 283 g/mol. The fourth-order valence-electron chi connectivity index (χ4n) is 2.18. The summed E-state index contributed by atoms with van der Waals surface area (Å²) in [4.78, 5) is 2.33. The molecule has 1 heterocycles. The van der Waals surface area contributed by atoms with Crippen LogP contribution in [0.3, 0.4) is 0 Å². The lowest BCUT2D eigenvalue weighted by Crippen LogP contribution is -2.37. The lowest BCUT2D eigenvalue weighted by atomic mass is 10.2. The third-order valence-electron chi connectivity index (χ3n) is 3.20. The Labute approximate surface area is 117 Å². The summed E-state index contributed by atoms with van der Waals surface area (Å²) in [6.07, 6.45) is 0. The molecule has 0 amide bonds. The highest BCUT2D eigenvalue weighted by Gasteiger charge is 2.16. The van der Waals surface area contributed by atoms with Gasteiger partial charge in [-0.25, -0.2) is 0 Å². The van der Waals surface area contributed by atoms with Gasteiger partial charge in [-0.1, -0.05) is 6.07 Å². The van der Waals surface area contributed by atoms with Crippen molar-refractivity contribution in [2.24, 2.45) is 0 Å². The second kappa shape index (κ2) is 6.91. The Morgan fingerprint density at radius 2 is 2.00 bits per heavy atom. The number of ether oxygens (including phenoxy) is 2. The molecule has 1 aromatic carbocycles. The van der Waals surface area contributed by atoms with Crippen LogP contribution in [-0.2, 0) is 17.3 Å². The molecule has 1 aromatic rings. The van der Waals surface area contributed by atoms with E-state index in [4.69, 9.17) is 9.47 Å². The number of nitrogens with zero attached hydrogens (tertiary/aromatic N) is 1. The van der Waals surface area contributed by atoms with Gasteiger partial charge in [-0.3, -0.25) is 9.11 Å². The van der Waals surface area contributed by atoms with Gasteiger partial charge in [0.15, 0.2) is 11.5 Å². The van der Waals surface area contributed by atoms with E-state index in [0.29, 0.717) is 6.61 Å². The fraction of sp³-hybridized carbons (Fsp3) is 0.571. The molecule has 1 saturated heterocycles. The quantitative estimate of drug-likeness (QED) is 0.824. The lowest BCUT2D eigenvalue weighted by molar-refractivity contribution is 0.287. The molecule has 5 heteroatoms. The van der Waals surface area contributed by atoms with Crippen LogP contribution in [0.25, 0.3) is 0 Å². The van der Waals surface area contributed by atoms with E-state index < -0.39 is 10.8 Å². The third-order valence-corrected chi connectivity index (χ3v) is 4.48. The summed E-state index contributed by atoms with van der Waals surface area (Å²) < 4.78 is 22.2. The van der Waals surface area contributed by atoms with Crippen LogP contribution < -0.4 is 9.47 Å². The van der Waals surface area contributed by atoms with Crippen molar-refractivity contribution in [1.29, 1.82) is 0 Å². The van der Waals surface area contributed by atoms with Crippen molar-refractivity contribution in [3.8, 4) is 11.5 Å². The molecule has 0 aromatic heterocycles. The molecule has 0 radical (unpaired) electrons. The molecule has 0 saturated carbocycles. The summed E-state index contributed by atoms with van der Waals surface area (Å²) in [6.45, 7) is 5.28. The predicted octanol–water partition coefficient (Wildman–Crippen LogP) is 1.66. The monoisotopic (exact) mass is 283 g/mol. The van der Waals surface area contributed by atoms with E-state index >= 15 is 0 Å². The minimum absolute atomic E-state index is 0.618. The largest absolute Gasteiger partial charge is 0.493 e. The van der Waals surface area contributed by atoms with Crippen LogP contribution in [0.2, 0.25) is 0 Å². The third kappa shape index (κ3) is 3.94. The van der Waals surface area contributed by atoms with Gasteiger partial charge in [0, 0.05) is 41.9 Å². The maximum Gasteiger partial charge on any atom is 0.161 e. The van der Waals surface area contributed by atoms with Crippen molar-refractivity contribution in [1.82, 2.24) is 4.90 Å². The van der Waals surface area contributed by atoms with Gasteiger partial charge in [0.05, 0.1) is 13.7 Å². The highest BCUT2D eigenvalue weighted by molar-refractivity contribution is 7.85. The minimum Gasteiger partial charge on any atom is -0.493 e. The van der Waals surface area contributed by atoms with Crippen LogP contribution in [0.5, 0.6) is 11.5 Å². The van der Waals surface area contributed by atoms with Crippen LogP contribution in [0.1, 0.15) is 12.5 Å². The molecule has 0 aliphatic carbocycles. The summed E-state index contributed by atoms with van der Waals surface area (Å²) in [5, 5.41) is 0. The first kappa shape index (κ1) is 14.3. The van der Waals surface area contributed by atoms with E-state index in [1.807, 2.05) is 19.1 Å². The van der Waals surface area contributed by atoms with E-state index in [-0.39, 0.29) is 0 Å². The maximum atomic E-state index is 11.3. The molecule has 0 atom stereocenters. The van der Waals surface area contributed by atoms with Crippen molar-refractivity contribution in [2.45, 2.75) is 13.5 Å². The van der Waals surface area contributed by atoms with Gasteiger partial charge in [0.1, 0.15) is 0 Å². The van der Waals surface area contributed by atoms with Crippen LogP contribution in [-0.4, -0.2) is 47.4 Å². The van der Waals surface area contributed by atoms with Gasteiger partial charge >= 0.3 is 0 Å². The molecular weight excluding hydrogens is 262 g/mol. The van der Waals surface area contributed by atoms with Crippen molar-refractivity contribution < 1.29 is 13.7 Å². The van der Waals surface area contributed by atoms with Crippen LogP contribution >= 0.6 is 0 Å². The van der Waals surface area contributed by atoms with Crippen molar-refractivity contribution >= 4 is 10.8 Å². The normalized spacial score (nSPS) is 17.4. The van der Waals surface area contributed by atoms with Crippen LogP contribution in [0.15, 0.2) is 18.2 Å². The zero-order valence-corrected chi connectivity index (χ0v) is 12.4. The standard InChI is InChI=1S/C14H21NO3S/c1-3-18-14-10-12(4-5-13(14)17-2)11-15-6-8-19(16)9-7-15/h4-5,10H,3,6-9,11H2,1-2H3. The SMILES string of the molecule is CCOc1cc(CN2CCS(=O)CC2)ccc1OC. The number of rotatable bonds is 5. The van der Waals surface area contributed by atoms with Gasteiger partial charge in [0.2, 0.25) is 0 Å². The Kier molecular flexibility index (Phi) is 5.22. The average Bonchev–Trinajstić information content (AvgIpc) is 2.42. The predicted molar refractivity (Wildman–Crippen MR) is 77.3 cm³/mol. The Morgan fingerprint density at radius 1 is 1.26 bits per heavy atom. The molecule has 2 rings (SSSR count). The van der Waals surface area contributed by atoms with Gasteiger partial charge in [-0.05, 0) is 24.6 Å². The summed E-state index contributed by atoms with van der Waals surface area (Å²) in [5.74, 6) is 3.14. The Hall–Kier alpha value is -1.07. The minimum atomic E-state index is -0.618. The lowest BCUT2D eigenvalue weighted by Gasteiger charge is -2.26. The van der Waals surface area contributed by atoms with E-state index in [2.05, 4.69) is 11.0 Å². The number of methoxy groups -OCH3 is 1. The molecule has 0 spiro atoms. The molecule has 1 aliphatic heterocycles. The van der Waals surface area contributed by atoms with Gasteiger partial charge < -0.3 is 9.47 Å². The van der Waals surface area contributed by atoms with Crippen molar-refractivity contribution in [3.05, 3.63) is 23.8 Å². The van der Waals surface area contributed by atoms with Crippen molar-refractivity contribution in [3.63, 3.8) is 0 Å².